The Morgan fingerprint density at radius 1 is 1.18 bits per heavy atom. The van der Waals surface area contributed by atoms with Gasteiger partial charge in [-0.25, -0.2) is 4.98 Å². The summed E-state index contributed by atoms with van der Waals surface area (Å²) in [6.07, 6.45) is 5.80. The fraction of sp³-hybridized carbons (Fsp3) is 0.500. The Hall–Kier alpha value is -2.15. The molecule has 34 heavy (non-hydrogen) atoms. The van der Waals surface area contributed by atoms with E-state index in [1.165, 1.54) is 0 Å². The zero-order valence-corrected chi connectivity index (χ0v) is 21.4. The summed E-state index contributed by atoms with van der Waals surface area (Å²) in [7, 11) is 1.90. The van der Waals surface area contributed by atoms with Crippen molar-refractivity contribution in [2.24, 2.45) is 0 Å². The molecule has 8 heteroatoms. The molecule has 0 N–H and O–H groups in total. The second-order valence-electron chi connectivity index (χ2n) is 9.53. The fourth-order valence-corrected chi connectivity index (χ4v) is 5.54. The number of carbonyl (C=O) groups excluding carboxylic acids is 2. The Balaban J connectivity index is 1.54. The van der Waals surface area contributed by atoms with E-state index < -0.39 is 0 Å². The van der Waals surface area contributed by atoms with Crippen molar-refractivity contribution >= 4 is 40.8 Å². The highest BCUT2D eigenvalue weighted by Crippen LogP contribution is 2.41. The van der Waals surface area contributed by atoms with Gasteiger partial charge in [-0.15, -0.1) is 0 Å². The van der Waals surface area contributed by atoms with Gasteiger partial charge in [-0.05, 0) is 62.1 Å². The molecule has 0 spiro atoms. The largest absolute Gasteiger partial charge is 0.343 e. The summed E-state index contributed by atoms with van der Waals surface area (Å²) in [6.45, 7) is 5.03. The molecule has 1 aromatic heterocycles. The maximum absolute atomic E-state index is 12.9. The monoisotopic (exact) mass is 502 g/mol. The molecule has 4 rings (SSSR count). The van der Waals surface area contributed by atoms with Crippen LogP contribution < -0.4 is 4.90 Å². The summed E-state index contributed by atoms with van der Waals surface area (Å²) in [5.74, 6) is 0.908. The van der Waals surface area contributed by atoms with Crippen molar-refractivity contribution < 1.29 is 9.59 Å². The van der Waals surface area contributed by atoms with Crippen molar-refractivity contribution in [2.75, 3.05) is 38.1 Å². The second-order valence-corrected chi connectivity index (χ2v) is 10.3. The number of benzene rings is 1. The molecular formula is C26H32Cl2N4O2. The van der Waals surface area contributed by atoms with Crippen LogP contribution in [0.1, 0.15) is 44.6 Å². The maximum atomic E-state index is 12.9. The number of hydrogen-bond acceptors (Lipinski definition) is 4. The van der Waals surface area contributed by atoms with Crippen molar-refractivity contribution in [3.8, 4) is 0 Å². The summed E-state index contributed by atoms with van der Waals surface area (Å²) in [5.41, 5.74) is 0.869. The molecular weight excluding hydrogens is 471 g/mol. The lowest BCUT2D eigenvalue weighted by molar-refractivity contribution is -0.130. The summed E-state index contributed by atoms with van der Waals surface area (Å²) < 4.78 is 0. The molecule has 1 unspecified atom stereocenters. The molecule has 2 aliphatic rings. The van der Waals surface area contributed by atoms with Gasteiger partial charge in [0.05, 0.1) is 10.0 Å². The minimum Gasteiger partial charge on any atom is -0.343 e. The lowest BCUT2D eigenvalue weighted by Gasteiger charge is -2.44. The van der Waals surface area contributed by atoms with E-state index in [1.807, 2.05) is 47.2 Å². The van der Waals surface area contributed by atoms with E-state index in [-0.39, 0.29) is 17.2 Å². The molecule has 6 nitrogen and oxygen atoms in total. The van der Waals surface area contributed by atoms with Crippen molar-refractivity contribution in [2.45, 2.75) is 50.5 Å². The second kappa shape index (κ2) is 10.6. The number of pyridine rings is 1. The van der Waals surface area contributed by atoms with E-state index in [1.54, 1.807) is 13.1 Å². The molecule has 1 aromatic carbocycles. The Bertz CT molecular complexity index is 1030. The quantitative estimate of drug-likeness (QED) is 0.569. The number of nitrogens with zero attached hydrogens (tertiary/aromatic N) is 4. The molecule has 2 fully saturated rings. The van der Waals surface area contributed by atoms with Crippen LogP contribution in [0.15, 0.2) is 42.6 Å². The zero-order chi connectivity index (χ0) is 24.3. The number of anilines is 1. The zero-order valence-electron chi connectivity index (χ0n) is 19.8. The first-order chi connectivity index (χ1) is 16.3. The molecule has 2 amide bonds. The number of likely N-dealkylation sites (tertiary alicyclic amines) is 1. The Morgan fingerprint density at radius 2 is 1.94 bits per heavy atom. The Kier molecular flexibility index (Phi) is 7.80. The molecule has 2 saturated heterocycles. The predicted molar refractivity (Wildman–Crippen MR) is 136 cm³/mol. The normalized spacial score (nSPS) is 22.1. The molecule has 0 radical (unpaired) electrons. The van der Waals surface area contributed by atoms with Gasteiger partial charge in [-0.2, -0.15) is 0 Å². The third kappa shape index (κ3) is 5.40. The van der Waals surface area contributed by atoms with E-state index in [0.29, 0.717) is 34.9 Å². The number of hydrogen-bond donors (Lipinski definition) is 0. The summed E-state index contributed by atoms with van der Waals surface area (Å²) in [5, 5.41) is 1.07. The standard InChI is InChI=1S/C26H32Cl2N4O2/c1-19(33)30(2)21-9-14-31(15-10-21)16-12-26(20-6-7-22(27)23(28)17-20)11-8-25(34)32(18-26)24-5-3-4-13-29-24/h3-7,13,17,21H,8-12,14-16,18H2,1-2H3. The van der Waals surface area contributed by atoms with Crippen molar-refractivity contribution in [1.29, 1.82) is 0 Å². The van der Waals surface area contributed by atoms with Crippen molar-refractivity contribution in [1.82, 2.24) is 14.8 Å². The van der Waals surface area contributed by atoms with Gasteiger partial charge in [0.25, 0.3) is 0 Å². The SMILES string of the molecule is CC(=O)N(C)C1CCN(CCC2(c3ccc(Cl)c(Cl)c3)CCC(=O)N(c3ccccn3)C2)CC1. The molecule has 0 bridgehead atoms. The van der Waals surface area contributed by atoms with Gasteiger partial charge in [0, 0.05) is 57.7 Å². The van der Waals surface area contributed by atoms with Gasteiger partial charge in [0.15, 0.2) is 0 Å². The van der Waals surface area contributed by atoms with Gasteiger partial charge in [-0.1, -0.05) is 35.3 Å². The van der Waals surface area contributed by atoms with Crippen molar-refractivity contribution in [3.63, 3.8) is 0 Å². The lowest BCUT2D eigenvalue weighted by atomic mass is 9.71. The van der Waals surface area contributed by atoms with Crippen LogP contribution in [0.4, 0.5) is 5.82 Å². The summed E-state index contributed by atoms with van der Waals surface area (Å²) in [6, 6.07) is 11.8. The molecule has 0 saturated carbocycles. The Labute approximate surface area is 211 Å². The van der Waals surface area contributed by atoms with Crippen LogP contribution in [0.3, 0.4) is 0 Å². The number of halogens is 2. The van der Waals surface area contributed by atoms with Crippen LogP contribution in [-0.2, 0) is 15.0 Å². The Morgan fingerprint density at radius 3 is 2.59 bits per heavy atom. The third-order valence-corrected chi connectivity index (χ3v) is 8.28. The smallest absolute Gasteiger partial charge is 0.228 e. The molecule has 1 atom stereocenters. The van der Waals surface area contributed by atoms with E-state index in [0.717, 1.165) is 50.9 Å². The van der Waals surface area contributed by atoms with Crippen LogP contribution in [0, 0.1) is 0 Å². The lowest BCUT2D eigenvalue weighted by Crippen LogP contribution is -2.51. The predicted octanol–water partition coefficient (Wildman–Crippen LogP) is 4.79. The van der Waals surface area contributed by atoms with Crippen molar-refractivity contribution in [3.05, 3.63) is 58.2 Å². The fourth-order valence-electron chi connectivity index (χ4n) is 5.24. The van der Waals surface area contributed by atoms with Gasteiger partial charge in [-0.3, -0.25) is 14.5 Å². The minimum atomic E-state index is -0.243. The third-order valence-electron chi connectivity index (χ3n) is 7.55. The highest BCUT2D eigenvalue weighted by atomic mass is 35.5. The van der Waals surface area contributed by atoms with Gasteiger partial charge >= 0.3 is 0 Å². The van der Waals surface area contributed by atoms with Gasteiger partial charge in [0.2, 0.25) is 11.8 Å². The van der Waals surface area contributed by atoms with E-state index in [2.05, 4.69) is 16.0 Å². The molecule has 182 valence electrons. The summed E-state index contributed by atoms with van der Waals surface area (Å²) >= 11 is 12.7. The molecule has 2 aliphatic heterocycles. The molecule has 0 aliphatic carbocycles. The van der Waals surface area contributed by atoms with Gasteiger partial charge in [0.1, 0.15) is 5.82 Å². The van der Waals surface area contributed by atoms with E-state index in [4.69, 9.17) is 23.2 Å². The highest BCUT2D eigenvalue weighted by molar-refractivity contribution is 6.42. The molecule has 2 aromatic rings. The molecule has 3 heterocycles. The van der Waals surface area contributed by atoms with Crippen LogP contribution in [0.25, 0.3) is 0 Å². The van der Waals surface area contributed by atoms with Crippen LogP contribution in [0.5, 0.6) is 0 Å². The first-order valence-corrected chi connectivity index (χ1v) is 12.7. The topological polar surface area (TPSA) is 56.8 Å². The minimum absolute atomic E-state index is 0.0995. The summed E-state index contributed by atoms with van der Waals surface area (Å²) in [4.78, 5) is 35.2. The number of rotatable bonds is 6. The first kappa shape index (κ1) is 25.0. The van der Waals surface area contributed by atoms with Crippen LogP contribution in [0.2, 0.25) is 10.0 Å². The average molecular weight is 503 g/mol. The number of aromatic nitrogens is 1. The number of amides is 2. The van der Waals surface area contributed by atoms with E-state index >= 15 is 0 Å². The maximum Gasteiger partial charge on any atom is 0.228 e. The van der Waals surface area contributed by atoms with E-state index in [9.17, 15) is 9.59 Å². The highest BCUT2D eigenvalue weighted by Gasteiger charge is 2.41. The van der Waals surface area contributed by atoms with Crippen LogP contribution >= 0.6 is 23.2 Å². The first-order valence-electron chi connectivity index (χ1n) is 11.9. The van der Waals surface area contributed by atoms with Gasteiger partial charge < -0.3 is 9.80 Å². The average Bonchev–Trinajstić information content (AvgIpc) is 2.86. The number of piperidine rings is 2. The number of carbonyl (C=O) groups is 2. The van der Waals surface area contributed by atoms with Crippen LogP contribution in [-0.4, -0.2) is 65.9 Å².